The third-order valence-corrected chi connectivity index (χ3v) is 10.9. The standard InChI is InChI=1S/C57H39N3/c1-7-19-40(20-8-1)48-35-49(41-21-9-2-10-22-41)37-50(36-48)46-31-33-51(53(38-46)42-23-11-3-12-24-42)52-34-32-47(39-54(52)43-25-13-4-14-26-43)57-59-55(44-27-15-5-16-28-44)58-56(60-57)45-29-17-6-18-30-45/h1-39H. The Hall–Kier alpha value is -8.01. The molecular formula is C57H39N3. The highest BCUT2D eigenvalue weighted by Gasteiger charge is 2.19. The van der Waals surface area contributed by atoms with Crippen LogP contribution in [0.1, 0.15) is 0 Å². The Morgan fingerprint density at radius 3 is 0.833 bits per heavy atom. The second kappa shape index (κ2) is 16.5. The molecule has 0 spiro atoms. The lowest BCUT2D eigenvalue weighted by Crippen LogP contribution is -2.00. The first-order chi connectivity index (χ1) is 29.7. The van der Waals surface area contributed by atoms with Gasteiger partial charge in [-0.25, -0.2) is 15.0 Å². The molecular weight excluding hydrogens is 727 g/mol. The van der Waals surface area contributed by atoms with Crippen molar-refractivity contribution < 1.29 is 0 Å². The van der Waals surface area contributed by atoms with Crippen LogP contribution >= 0.6 is 0 Å². The van der Waals surface area contributed by atoms with Gasteiger partial charge in [-0.1, -0.05) is 206 Å². The molecule has 0 amide bonds. The van der Waals surface area contributed by atoms with Gasteiger partial charge in [0, 0.05) is 16.7 Å². The van der Waals surface area contributed by atoms with Gasteiger partial charge in [-0.15, -0.1) is 0 Å². The Balaban J connectivity index is 1.15. The molecule has 10 rings (SSSR count). The fourth-order valence-electron chi connectivity index (χ4n) is 7.92. The van der Waals surface area contributed by atoms with Crippen molar-refractivity contribution in [3.8, 4) is 101 Å². The molecule has 1 aromatic heterocycles. The van der Waals surface area contributed by atoms with E-state index in [0.29, 0.717) is 17.5 Å². The van der Waals surface area contributed by atoms with E-state index in [2.05, 4.69) is 176 Å². The number of nitrogens with zero attached hydrogens (tertiary/aromatic N) is 3. The molecule has 10 aromatic rings. The molecule has 0 radical (unpaired) electrons. The van der Waals surface area contributed by atoms with Crippen molar-refractivity contribution in [3.63, 3.8) is 0 Å². The van der Waals surface area contributed by atoms with E-state index in [1.165, 1.54) is 22.3 Å². The minimum atomic E-state index is 0.623. The van der Waals surface area contributed by atoms with Crippen LogP contribution in [0.3, 0.4) is 0 Å². The van der Waals surface area contributed by atoms with Gasteiger partial charge in [0.05, 0.1) is 0 Å². The van der Waals surface area contributed by atoms with Crippen LogP contribution in [0.5, 0.6) is 0 Å². The lowest BCUT2D eigenvalue weighted by atomic mass is 9.86. The van der Waals surface area contributed by atoms with Gasteiger partial charge in [0.1, 0.15) is 0 Å². The van der Waals surface area contributed by atoms with Crippen LogP contribution in [0.2, 0.25) is 0 Å². The van der Waals surface area contributed by atoms with E-state index in [4.69, 9.17) is 15.0 Å². The van der Waals surface area contributed by atoms with Crippen molar-refractivity contribution in [1.82, 2.24) is 15.0 Å². The predicted octanol–water partition coefficient (Wildman–Crippen LogP) is 14.9. The quantitative estimate of drug-likeness (QED) is 0.147. The molecule has 0 saturated heterocycles. The van der Waals surface area contributed by atoms with Crippen LogP contribution < -0.4 is 0 Å². The molecule has 1 heterocycles. The molecule has 0 N–H and O–H groups in total. The Bertz CT molecular complexity index is 2710. The molecule has 0 bridgehead atoms. The average Bonchev–Trinajstić information content (AvgIpc) is 3.35. The Labute approximate surface area is 351 Å². The number of hydrogen-bond acceptors (Lipinski definition) is 3. The first-order valence-corrected chi connectivity index (χ1v) is 20.3. The summed E-state index contributed by atoms with van der Waals surface area (Å²) in [5, 5.41) is 0. The van der Waals surface area contributed by atoms with E-state index in [9.17, 15) is 0 Å². The summed E-state index contributed by atoms with van der Waals surface area (Å²) in [6.07, 6.45) is 0. The molecule has 0 aliphatic carbocycles. The molecule has 0 aliphatic rings. The molecule has 0 saturated carbocycles. The van der Waals surface area contributed by atoms with Crippen molar-refractivity contribution in [1.29, 1.82) is 0 Å². The van der Waals surface area contributed by atoms with Crippen LogP contribution in [-0.2, 0) is 0 Å². The lowest BCUT2D eigenvalue weighted by Gasteiger charge is -2.18. The van der Waals surface area contributed by atoms with E-state index in [0.717, 1.165) is 61.2 Å². The molecule has 0 atom stereocenters. The van der Waals surface area contributed by atoms with Crippen LogP contribution in [0.25, 0.3) is 101 Å². The first kappa shape index (κ1) is 36.3. The number of benzene rings is 9. The summed E-state index contributed by atoms with van der Waals surface area (Å²) < 4.78 is 0. The molecule has 3 nitrogen and oxygen atoms in total. The highest BCUT2D eigenvalue weighted by Crippen LogP contribution is 2.43. The first-order valence-electron chi connectivity index (χ1n) is 20.3. The van der Waals surface area contributed by atoms with Gasteiger partial charge in [-0.2, -0.15) is 0 Å². The topological polar surface area (TPSA) is 38.7 Å². The van der Waals surface area contributed by atoms with E-state index in [1.807, 2.05) is 60.7 Å². The zero-order valence-electron chi connectivity index (χ0n) is 32.9. The number of hydrogen-bond donors (Lipinski definition) is 0. The summed E-state index contributed by atoms with van der Waals surface area (Å²) in [5.74, 6) is 1.90. The largest absolute Gasteiger partial charge is 0.208 e. The monoisotopic (exact) mass is 765 g/mol. The van der Waals surface area contributed by atoms with Gasteiger partial charge in [0.2, 0.25) is 0 Å². The van der Waals surface area contributed by atoms with E-state index in [1.54, 1.807) is 0 Å². The molecule has 0 unspecified atom stereocenters. The third kappa shape index (κ3) is 7.56. The van der Waals surface area contributed by atoms with E-state index < -0.39 is 0 Å². The van der Waals surface area contributed by atoms with Crippen molar-refractivity contribution in [2.45, 2.75) is 0 Å². The maximum absolute atomic E-state index is 5.08. The predicted molar refractivity (Wildman–Crippen MR) is 249 cm³/mol. The summed E-state index contributed by atoms with van der Waals surface area (Å²) in [6, 6.07) is 83.4. The number of aromatic nitrogens is 3. The zero-order chi connectivity index (χ0) is 40.1. The van der Waals surface area contributed by atoms with Gasteiger partial charge in [0.15, 0.2) is 17.5 Å². The van der Waals surface area contributed by atoms with Gasteiger partial charge >= 0.3 is 0 Å². The lowest BCUT2D eigenvalue weighted by molar-refractivity contribution is 1.07. The fraction of sp³-hybridized carbons (Fsp3) is 0. The summed E-state index contributed by atoms with van der Waals surface area (Å²) in [4.78, 5) is 15.1. The molecule has 0 aliphatic heterocycles. The summed E-state index contributed by atoms with van der Waals surface area (Å²) >= 11 is 0. The molecule has 60 heavy (non-hydrogen) atoms. The smallest absolute Gasteiger partial charge is 0.164 e. The summed E-state index contributed by atoms with van der Waals surface area (Å²) in [7, 11) is 0. The van der Waals surface area contributed by atoms with Crippen LogP contribution in [0, 0.1) is 0 Å². The average molecular weight is 766 g/mol. The minimum Gasteiger partial charge on any atom is -0.208 e. The maximum Gasteiger partial charge on any atom is 0.164 e. The van der Waals surface area contributed by atoms with Crippen LogP contribution in [0.15, 0.2) is 237 Å². The van der Waals surface area contributed by atoms with Gasteiger partial charge in [-0.3, -0.25) is 0 Å². The van der Waals surface area contributed by atoms with Crippen LogP contribution in [0.4, 0.5) is 0 Å². The van der Waals surface area contributed by atoms with Crippen molar-refractivity contribution in [2.24, 2.45) is 0 Å². The van der Waals surface area contributed by atoms with Gasteiger partial charge in [0.25, 0.3) is 0 Å². The highest BCUT2D eigenvalue weighted by atomic mass is 15.0. The Kier molecular flexibility index (Phi) is 9.97. The maximum atomic E-state index is 5.08. The fourth-order valence-corrected chi connectivity index (χ4v) is 7.92. The molecule has 9 aromatic carbocycles. The van der Waals surface area contributed by atoms with Crippen molar-refractivity contribution in [2.75, 3.05) is 0 Å². The van der Waals surface area contributed by atoms with Crippen molar-refractivity contribution >= 4 is 0 Å². The molecule has 282 valence electrons. The normalized spacial score (nSPS) is 11.0. The third-order valence-electron chi connectivity index (χ3n) is 10.9. The number of rotatable bonds is 9. The Morgan fingerprint density at radius 1 is 0.167 bits per heavy atom. The second-order valence-electron chi connectivity index (χ2n) is 14.8. The SMILES string of the molecule is c1ccc(-c2cc(-c3ccccc3)cc(-c3ccc(-c4ccc(-c5nc(-c6ccccc6)nc(-c6ccccc6)n5)cc4-c4ccccc4)c(-c4ccccc4)c3)c2)cc1. The molecule has 3 heteroatoms. The highest BCUT2D eigenvalue weighted by molar-refractivity contribution is 5.95. The summed E-state index contributed by atoms with van der Waals surface area (Å²) in [6.45, 7) is 0. The second-order valence-corrected chi connectivity index (χ2v) is 14.8. The zero-order valence-corrected chi connectivity index (χ0v) is 32.9. The van der Waals surface area contributed by atoms with E-state index in [-0.39, 0.29) is 0 Å². The minimum absolute atomic E-state index is 0.623. The van der Waals surface area contributed by atoms with Gasteiger partial charge in [-0.05, 0) is 97.1 Å². The van der Waals surface area contributed by atoms with Crippen molar-refractivity contribution in [3.05, 3.63) is 237 Å². The molecule has 0 fully saturated rings. The Morgan fingerprint density at radius 2 is 0.450 bits per heavy atom. The van der Waals surface area contributed by atoms with Gasteiger partial charge < -0.3 is 0 Å². The van der Waals surface area contributed by atoms with E-state index >= 15 is 0 Å². The summed E-state index contributed by atoms with van der Waals surface area (Å²) in [5.41, 5.74) is 16.6. The van der Waals surface area contributed by atoms with Crippen LogP contribution in [-0.4, -0.2) is 15.0 Å².